The van der Waals surface area contributed by atoms with E-state index in [1.54, 1.807) is 7.11 Å². The first-order valence-electron chi connectivity index (χ1n) is 6.31. The molecule has 19 heavy (non-hydrogen) atoms. The molecule has 0 radical (unpaired) electrons. The summed E-state index contributed by atoms with van der Waals surface area (Å²) in [5, 5.41) is 12.3. The lowest BCUT2D eigenvalue weighted by molar-refractivity contribution is -0.125. The van der Waals surface area contributed by atoms with E-state index in [9.17, 15) is 9.90 Å². The van der Waals surface area contributed by atoms with Crippen LogP contribution in [0.1, 0.15) is 13.8 Å². The lowest BCUT2D eigenvalue weighted by atomic mass is 9.94. The molecule has 1 aliphatic heterocycles. The van der Waals surface area contributed by atoms with E-state index in [1.807, 2.05) is 43.0 Å². The number of piperazine rings is 1. The highest BCUT2D eigenvalue weighted by Crippen LogP contribution is 2.31. The van der Waals surface area contributed by atoms with Crippen molar-refractivity contribution in [2.45, 2.75) is 25.4 Å². The number of carbonyl (C=O) groups is 1. The van der Waals surface area contributed by atoms with E-state index >= 15 is 0 Å². The van der Waals surface area contributed by atoms with Crippen molar-refractivity contribution in [3.8, 4) is 5.75 Å². The van der Waals surface area contributed by atoms with Gasteiger partial charge in [0, 0.05) is 18.3 Å². The number of aliphatic hydroxyl groups excluding tert-OH is 1. The van der Waals surface area contributed by atoms with Gasteiger partial charge in [-0.15, -0.1) is 0 Å². The van der Waals surface area contributed by atoms with Gasteiger partial charge in [-0.3, -0.25) is 4.79 Å². The summed E-state index contributed by atoms with van der Waals surface area (Å²) in [5.41, 5.74) is 0.603. The maximum Gasteiger partial charge on any atom is 0.245 e. The van der Waals surface area contributed by atoms with Gasteiger partial charge in [0.05, 0.1) is 19.3 Å². The molecule has 0 aliphatic carbocycles. The van der Waals surface area contributed by atoms with Crippen LogP contribution in [0.3, 0.4) is 0 Å². The summed E-state index contributed by atoms with van der Waals surface area (Å²) in [5.74, 6) is 0.584. The second-order valence-electron chi connectivity index (χ2n) is 5.30. The molecule has 1 heterocycles. The van der Waals surface area contributed by atoms with Crippen LogP contribution in [-0.2, 0) is 4.79 Å². The predicted molar refractivity (Wildman–Crippen MR) is 73.4 cm³/mol. The Labute approximate surface area is 113 Å². The number of rotatable bonds is 3. The molecule has 0 spiro atoms. The first-order chi connectivity index (χ1) is 8.99. The zero-order valence-electron chi connectivity index (χ0n) is 11.5. The highest BCUT2D eigenvalue weighted by atomic mass is 16.5. The Morgan fingerprint density at radius 3 is 2.89 bits per heavy atom. The van der Waals surface area contributed by atoms with E-state index in [4.69, 9.17) is 4.74 Å². The van der Waals surface area contributed by atoms with Gasteiger partial charge in [0.1, 0.15) is 11.8 Å². The molecule has 0 saturated carbocycles. The van der Waals surface area contributed by atoms with Crippen LogP contribution in [0.15, 0.2) is 24.3 Å². The monoisotopic (exact) mass is 264 g/mol. The van der Waals surface area contributed by atoms with Gasteiger partial charge in [0.15, 0.2) is 0 Å². The Kier molecular flexibility index (Phi) is 3.66. The summed E-state index contributed by atoms with van der Waals surface area (Å²) in [4.78, 5) is 13.9. The Hall–Kier alpha value is -1.75. The fraction of sp³-hybridized carbons (Fsp3) is 0.500. The molecule has 2 N–H and O–H groups in total. The minimum atomic E-state index is -0.573. The summed E-state index contributed by atoms with van der Waals surface area (Å²) >= 11 is 0. The molecule has 5 heteroatoms. The molecule has 1 aliphatic rings. The first-order valence-corrected chi connectivity index (χ1v) is 6.31. The quantitative estimate of drug-likeness (QED) is 0.846. The lowest BCUT2D eigenvalue weighted by Crippen LogP contribution is -2.67. The smallest absolute Gasteiger partial charge is 0.245 e. The van der Waals surface area contributed by atoms with Crippen LogP contribution in [0.5, 0.6) is 5.75 Å². The number of hydrogen-bond acceptors (Lipinski definition) is 4. The van der Waals surface area contributed by atoms with Crippen molar-refractivity contribution in [1.82, 2.24) is 5.32 Å². The molecule has 2 rings (SSSR count). The topological polar surface area (TPSA) is 61.8 Å². The number of ether oxygens (including phenoxy) is 1. The largest absolute Gasteiger partial charge is 0.497 e. The van der Waals surface area contributed by atoms with Crippen molar-refractivity contribution < 1.29 is 14.6 Å². The van der Waals surface area contributed by atoms with Crippen LogP contribution >= 0.6 is 0 Å². The molecule has 0 bridgehead atoms. The van der Waals surface area contributed by atoms with E-state index in [2.05, 4.69) is 5.32 Å². The summed E-state index contributed by atoms with van der Waals surface area (Å²) in [6.45, 7) is 4.40. The Bertz CT molecular complexity index is 474. The normalized spacial score (nSPS) is 22.0. The van der Waals surface area contributed by atoms with Crippen LogP contribution in [0.4, 0.5) is 5.69 Å². The molecule has 104 valence electrons. The van der Waals surface area contributed by atoms with Crippen molar-refractivity contribution in [2.24, 2.45) is 0 Å². The van der Waals surface area contributed by atoms with Crippen LogP contribution in [0.2, 0.25) is 0 Å². The van der Waals surface area contributed by atoms with Crippen LogP contribution < -0.4 is 15.0 Å². The van der Waals surface area contributed by atoms with Gasteiger partial charge in [-0.2, -0.15) is 0 Å². The SMILES string of the molecule is COc1cccc(N2C(CO)C(=O)NCC2(C)C)c1. The first kappa shape index (κ1) is 13.7. The molecule has 1 fully saturated rings. The number of amides is 1. The second-order valence-corrected chi connectivity index (χ2v) is 5.30. The Morgan fingerprint density at radius 1 is 1.53 bits per heavy atom. The Morgan fingerprint density at radius 2 is 2.26 bits per heavy atom. The second kappa shape index (κ2) is 5.09. The number of carbonyl (C=O) groups excluding carboxylic acids is 1. The summed E-state index contributed by atoms with van der Waals surface area (Å²) < 4.78 is 5.22. The maximum absolute atomic E-state index is 11.9. The van der Waals surface area contributed by atoms with Gasteiger partial charge >= 0.3 is 0 Å². The molecule has 0 aromatic heterocycles. The number of aliphatic hydroxyl groups is 1. The van der Waals surface area contributed by atoms with Crippen LogP contribution in [-0.4, -0.2) is 42.9 Å². The third kappa shape index (κ3) is 2.51. The molecule has 1 saturated heterocycles. The van der Waals surface area contributed by atoms with Gasteiger partial charge in [-0.25, -0.2) is 0 Å². The highest BCUT2D eigenvalue weighted by Gasteiger charge is 2.40. The van der Waals surface area contributed by atoms with Gasteiger partial charge in [-0.05, 0) is 26.0 Å². The number of hydrogen-bond donors (Lipinski definition) is 2. The van der Waals surface area contributed by atoms with E-state index in [1.165, 1.54) is 0 Å². The third-order valence-corrected chi connectivity index (χ3v) is 3.47. The molecule has 1 unspecified atom stereocenters. The van der Waals surface area contributed by atoms with Gasteiger partial charge < -0.3 is 20.1 Å². The van der Waals surface area contributed by atoms with Crippen molar-refractivity contribution in [3.05, 3.63) is 24.3 Å². The number of nitrogens with one attached hydrogen (secondary N) is 1. The van der Waals surface area contributed by atoms with Gasteiger partial charge in [0.25, 0.3) is 0 Å². The molecule has 1 aromatic carbocycles. The molecule has 1 amide bonds. The van der Waals surface area contributed by atoms with E-state index in [-0.39, 0.29) is 18.1 Å². The van der Waals surface area contributed by atoms with Crippen molar-refractivity contribution in [2.75, 3.05) is 25.2 Å². The third-order valence-electron chi connectivity index (χ3n) is 3.47. The van der Waals surface area contributed by atoms with Crippen molar-refractivity contribution >= 4 is 11.6 Å². The van der Waals surface area contributed by atoms with Crippen LogP contribution in [0.25, 0.3) is 0 Å². The maximum atomic E-state index is 11.9. The molecule has 1 atom stereocenters. The fourth-order valence-electron chi connectivity index (χ4n) is 2.50. The minimum Gasteiger partial charge on any atom is -0.497 e. The van der Waals surface area contributed by atoms with Crippen molar-refractivity contribution in [3.63, 3.8) is 0 Å². The van der Waals surface area contributed by atoms with E-state index < -0.39 is 6.04 Å². The number of nitrogens with zero attached hydrogens (tertiary/aromatic N) is 1. The summed E-state index contributed by atoms with van der Waals surface area (Å²) in [6, 6.07) is 6.96. The Balaban J connectivity index is 2.43. The summed E-state index contributed by atoms with van der Waals surface area (Å²) in [7, 11) is 1.61. The van der Waals surface area contributed by atoms with Gasteiger partial charge in [-0.1, -0.05) is 6.07 Å². The zero-order chi connectivity index (χ0) is 14.0. The summed E-state index contributed by atoms with van der Waals surface area (Å²) in [6.07, 6.45) is 0. The number of methoxy groups -OCH3 is 1. The number of benzene rings is 1. The molecule has 5 nitrogen and oxygen atoms in total. The van der Waals surface area contributed by atoms with E-state index in [0.29, 0.717) is 6.54 Å². The molecular formula is C14H20N2O3. The van der Waals surface area contributed by atoms with E-state index in [0.717, 1.165) is 11.4 Å². The van der Waals surface area contributed by atoms with Gasteiger partial charge in [0.2, 0.25) is 5.91 Å². The molecular weight excluding hydrogens is 244 g/mol. The zero-order valence-corrected chi connectivity index (χ0v) is 11.5. The minimum absolute atomic E-state index is 0.148. The fourth-order valence-corrected chi connectivity index (χ4v) is 2.50. The number of anilines is 1. The lowest BCUT2D eigenvalue weighted by Gasteiger charge is -2.48. The highest BCUT2D eigenvalue weighted by molar-refractivity contribution is 5.87. The van der Waals surface area contributed by atoms with Crippen molar-refractivity contribution in [1.29, 1.82) is 0 Å². The average Bonchev–Trinajstić information content (AvgIpc) is 2.41. The predicted octanol–water partition coefficient (Wildman–Crippen LogP) is 0.771. The average molecular weight is 264 g/mol. The molecule has 1 aromatic rings. The van der Waals surface area contributed by atoms with Crippen LogP contribution in [0, 0.1) is 0 Å². The standard InChI is InChI=1S/C14H20N2O3/c1-14(2)9-15-13(18)12(8-17)16(14)10-5-4-6-11(7-10)19-3/h4-7,12,17H,8-9H2,1-3H3,(H,15,18).